The molecule has 0 fully saturated rings. The third-order valence-electron chi connectivity index (χ3n) is 2.73. The lowest BCUT2D eigenvalue weighted by atomic mass is 10.1. The number of phenols is 1. The third kappa shape index (κ3) is 2.54. The maximum absolute atomic E-state index is 9.28. The van der Waals surface area contributed by atoms with Crippen LogP contribution in [0.25, 0.3) is 11.3 Å². The van der Waals surface area contributed by atoms with Crippen LogP contribution in [0.2, 0.25) is 0 Å². The summed E-state index contributed by atoms with van der Waals surface area (Å²) in [7, 11) is 1.95. The van der Waals surface area contributed by atoms with E-state index in [-0.39, 0.29) is 5.75 Å². The first-order valence-electron chi connectivity index (χ1n) is 6.02. The van der Waals surface area contributed by atoms with E-state index < -0.39 is 0 Å². The summed E-state index contributed by atoms with van der Waals surface area (Å²) in [6, 6.07) is 7.08. The van der Waals surface area contributed by atoms with Crippen LogP contribution < -0.4 is 0 Å². The summed E-state index contributed by atoms with van der Waals surface area (Å²) < 4.78 is 1.97. The molecule has 3 nitrogen and oxygen atoms in total. The molecule has 0 saturated heterocycles. The molecular weight excluding hydrogens is 224 g/mol. The monoisotopic (exact) mass is 240 g/mol. The van der Waals surface area contributed by atoms with Gasteiger partial charge in [0.25, 0.3) is 0 Å². The second-order valence-electron chi connectivity index (χ2n) is 4.12. The van der Waals surface area contributed by atoms with Crippen molar-refractivity contribution in [3.8, 4) is 28.8 Å². The molecule has 0 aliphatic rings. The molecule has 2 aromatic rings. The number of nitrogens with zero attached hydrogens (tertiary/aromatic N) is 2. The molecule has 0 unspecified atom stereocenters. The van der Waals surface area contributed by atoms with E-state index in [9.17, 15) is 5.11 Å². The van der Waals surface area contributed by atoms with E-state index in [0.29, 0.717) is 0 Å². The van der Waals surface area contributed by atoms with E-state index in [1.807, 2.05) is 29.9 Å². The number of imidazole rings is 1. The quantitative estimate of drug-likeness (QED) is 0.819. The van der Waals surface area contributed by atoms with Crippen molar-refractivity contribution in [3.63, 3.8) is 0 Å². The van der Waals surface area contributed by atoms with Crippen LogP contribution in [0.5, 0.6) is 5.75 Å². The number of rotatable bonds is 2. The molecular formula is C15H16N2O. The summed E-state index contributed by atoms with van der Waals surface area (Å²) >= 11 is 0. The minimum absolute atomic E-state index is 0.267. The Morgan fingerprint density at radius 1 is 1.28 bits per heavy atom. The van der Waals surface area contributed by atoms with Gasteiger partial charge in [0, 0.05) is 19.0 Å². The Labute approximate surface area is 107 Å². The summed E-state index contributed by atoms with van der Waals surface area (Å²) in [6.45, 7) is 2.11. The molecule has 1 aromatic heterocycles. The Hall–Kier alpha value is -2.21. The maximum atomic E-state index is 9.28. The number of phenolic OH excluding ortho intramolecular Hbond substituents is 1. The largest absolute Gasteiger partial charge is 0.508 e. The van der Waals surface area contributed by atoms with E-state index in [2.05, 4.69) is 23.7 Å². The van der Waals surface area contributed by atoms with Gasteiger partial charge in [-0.1, -0.05) is 12.8 Å². The molecule has 2 rings (SSSR count). The van der Waals surface area contributed by atoms with Gasteiger partial charge in [0.05, 0.1) is 11.9 Å². The Kier molecular flexibility index (Phi) is 3.69. The van der Waals surface area contributed by atoms with Gasteiger partial charge in [0.15, 0.2) is 5.82 Å². The van der Waals surface area contributed by atoms with E-state index in [1.165, 1.54) is 0 Å². The summed E-state index contributed by atoms with van der Waals surface area (Å²) in [6.07, 6.45) is 3.76. The molecule has 1 heterocycles. The van der Waals surface area contributed by atoms with Gasteiger partial charge in [-0.05, 0) is 36.6 Å². The summed E-state index contributed by atoms with van der Waals surface area (Å²) in [5.41, 5.74) is 2.02. The average molecular weight is 240 g/mol. The number of unbranched alkanes of at least 4 members (excludes halogenated alkanes) is 1. The second-order valence-corrected chi connectivity index (χ2v) is 4.12. The highest BCUT2D eigenvalue weighted by molar-refractivity contribution is 5.61. The van der Waals surface area contributed by atoms with Crippen LogP contribution in [0.4, 0.5) is 0 Å². The van der Waals surface area contributed by atoms with E-state index in [4.69, 9.17) is 0 Å². The lowest BCUT2D eigenvalue weighted by molar-refractivity contribution is 0.475. The molecule has 1 aromatic carbocycles. The van der Waals surface area contributed by atoms with Crippen LogP contribution >= 0.6 is 0 Å². The van der Waals surface area contributed by atoms with Crippen LogP contribution in [-0.4, -0.2) is 14.7 Å². The summed E-state index contributed by atoms with van der Waals surface area (Å²) in [5.74, 6) is 7.20. The van der Waals surface area contributed by atoms with Gasteiger partial charge in [0.1, 0.15) is 5.75 Å². The smallest absolute Gasteiger partial charge is 0.185 e. The SMILES string of the molecule is CCCC#Cc1ncc(-c2ccc(O)cc2)n1C. The van der Waals surface area contributed by atoms with Crippen LogP contribution in [0.15, 0.2) is 30.5 Å². The molecule has 0 spiro atoms. The maximum Gasteiger partial charge on any atom is 0.185 e. The lowest BCUT2D eigenvalue weighted by Gasteiger charge is -2.03. The van der Waals surface area contributed by atoms with Crippen LogP contribution in [0.3, 0.4) is 0 Å². The van der Waals surface area contributed by atoms with Crippen molar-refractivity contribution in [3.05, 3.63) is 36.3 Å². The van der Waals surface area contributed by atoms with E-state index >= 15 is 0 Å². The predicted molar refractivity (Wildman–Crippen MR) is 72.1 cm³/mol. The number of benzene rings is 1. The Bertz CT molecular complexity index is 585. The molecule has 18 heavy (non-hydrogen) atoms. The number of aromatic hydroxyl groups is 1. The third-order valence-corrected chi connectivity index (χ3v) is 2.73. The highest BCUT2D eigenvalue weighted by Gasteiger charge is 2.06. The molecule has 0 aliphatic heterocycles. The molecule has 0 aliphatic carbocycles. The number of hydrogen-bond donors (Lipinski definition) is 1. The van der Waals surface area contributed by atoms with Crippen LogP contribution in [0, 0.1) is 11.8 Å². The normalized spacial score (nSPS) is 9.89. The molecule has 0 saturated carbocycles. The van der Waals surface area contributed by atoms with Crippen LogP contribution in [-0.2, 0) is 7.05 Å². The van der Waals surface area contributed by atoms with E-state index in [1.54, 1.807) is 12.1 Å². The molecule has 0 radical (unpaired) electrons. The lowest BCUT2D eigenvalue weighted by Crippen LogP contribution is -1.95. The van der Waals surface area contributed by atoms with Crippen molar-refractivity contribution < 1.29 is 5.11 Å². The van der Waals surface area contributed by atoms with Crippen molar-refractivity contribution in [2.45, 2.75) is 19.8 Å². The van der Waals surface area contributed by atoms with Gasteiger partial charge in [-0.3, -0.25) is 0 Å². The van der Waals surface area contributed by atoms with Crippen LogP contribution in [0.1, 0.15) is 25.6 Å². The predicted octanol–water partition coefficient (Wildman–Crippen LogP) is 2.94. The van der Waals surface area contributed by atoms with Crippen molar-refractivity contribution in [2.75, 3.05) is 0 Å². The minimum atomic E-state index is 0.267. The summed E-state index contributed by atoms with van der Waals surface area (Å²) in [4.78, 5) is 4.31. The Morgan fingerprint density at radius 2 is 2.00 bits per heavy atom. The number of hydrogen-bond acceptors (Lipinski definition) is 2. The molecule has 92 valence electrons. The van der Waals surface area contributed by atoms with Gasteiger partial charge < -0.3 is 9.67 Å². The zero-order chi connectivity index (χ0) is 13.0. The minimum Gasteiger partial charge on any atom is -0.508 e. The van der Waals surface area contributed by atoms with Gasteiger partial charge in [-0.25, -0.2) is 4.98 Å². The molecule has 0 bridgehead atoms. The highest BCUT2D eigenvalue weighted by Crippen LogP contribution is 2.21. The van der Waals surface area contributed by atoms with Gasteiger partial charge in [-0.2, -0.15) is 0 Å². The molecule has 3 heteroatoms. The molecule has 0 amide bonds. The molecule has 1 N–H and O–H groups in total. The van der Waals surface area contributed by atoms with Crippen molar-refractivity contribution in [1.29, 1.82) is 0 Å². The topological polar surface area (TPSA) is 38.1 Å². The van der Waals surface area contributed by atoms with E-state index in [0.717, 1.165) is 29.9 Å². The van der Waals surface area contributed by atoms with Gasteiger partial charge in [0.2, 0.25) is 0 Å². The first-order valence-corrected chi connectivity index (χ1v) is 6.02. The zero-order valence-corrected chi connectivity index (χ0v) is 10.6. The highest BCUT2D eigenvalue weighted by atomic mass is 16.3. The summed E-state index contributed by atoms with van der Waals surface area (Å²) in [5, 5.41) is 9.28. The fourth-order valence-electron chi connectivity index (χ4n) is 1.69. The van der Waals surface area contributed by atoms with Crippen molar-refractivity contribution in [1.82, 2.24) is 9.55 Å². The first kappa shape index (κ1) is 12.3. The number of aromatic nitrogens is 2. The van der Waals surface area contributed by atoms with Crippen molar-refractivity contribution >= 4 is 0 Å². The average Bonchev–Trinajstić information content (AvgIpc) is 2.73. The standard InChI is InChI=1S/C15H16N2O/c1-3-4-5-6-15-16-11-14(17(15)2)12-7-9-13(18)10-8-12/h7-11,18H,3-4H2,1-2H3. The first-order chi connectivity index (χ1) is 8.72. The van der Waals surface area contributed by atoms with Crippen molar-refractivity contribution in [2.24, 2.45) is 7.05 Å². The molecule has 0 atom stereocenters. The Morgan fingerprint density at radius 3 is 2.67 bits per heavy atom. The van der Waals surface area contributed by atoms with Gasteiger partial charge >= 0.3 is 0 Å². The Balaban J connectivity index is 2.31. The fraction of sp³-hybridized carbons (Fsp3) is 0.267. The fourth-order valence-corrected chi connectivity index (χ4v) is 1.69. The zero-order valence-electron chi connectivity index (χ0n) is 10.6. The second kappa shape index (κ2) is 5.42. The van der Waals surface area contributed by atoms with Gasteiger partial charge in [-0.15, -0.1) is 0 Å².